The molecule has 0 spiro atoms. The Balaban J connectivity index is 2.40. The normalized spacial score (nSPS) is 25.4. The first-order valence-corrected chi connectivity index (χ1v) is 5.30. The van der Waals surface area contributed by atoms with Gasteiger partial charge in [0.15, 0.2) is 0 Å². The van der Waals surface area contributed by atoms with Crippen molar-refractivity contribution in [2.75, 3.05) is 13.1 Å². The lowest BCUT2D eigenvalue weighted by Crippen LogP contribution is -2.46. The maximum Gasteiger partial charge on any atom is 0.237 e. The first-order valence-electron chi connectivity index (χ1n) is 5.30. The zero-order chi connectivity index (χ0) is 10.7. The predicted molar refractivity (Wildman–Crippen MR) is 56.9 cm³/mol. The highest BCUT2D eigenvalue weighted by atomic mass is 16.2. The molecule has 2 atom stereocenters. The smallest absolute Gasteiger partial charge is 0.237 e. The van der Waals surface area contributed by atoms with Gasteiger partial charge >= 0.3 is 0 Å². The molecule has 0 aliphatic carbocycles. The van der Waals surface area contributed by atoms with Gasteiger partial charge in [0.1, 0.15) is 0 Å². The fourth-order valence-electron chi connectivity index (χ4n) is 1.74. The molecule has 1 fully saturated rings. The average molecular weight is 199 g/mol. The Morgan fingerprint density at radius 1 is 1.50 bits per heavy atom. The summed E-state index contributed by atoms with van der Waals surface area (Å²) < 4.78 is 0. The van der Waals surface area contributed by atoms with Gasteiger partial charge in [0.25, 0.3) is 0 Å². The first kappa shape index (κ1) is 11.5. The van der Waals surface area contributed by atoms with Gasteiger partial charge in [-0.05, 0) is 27.2 Å². The van der Waals surface area contributed by atoms with E-state index in [9.17, 15) is 4.79 Å². The number of carbonyl (C=O) groups is 1. The van der Waals surface area contributed by atoms with E-state index in [1.165, 1.54) is 0 Å². The fraction of sp³-hybridized carbons (Fsp3) is 0.900. The molecular weight excluding hydrogens is 178 g/mol. The maximum absolute atomic E-state index is 11.7. The van der Waals surface area contributed by atoms with Crippen molar-refractivity contribution in [2.24, 2.45) is 5.73 Å². The van der Waals surface area contributed by atoms with Crippen molar-refractivity contribution >= 4 is 5.91 Å². The van der Waals surface area contributed by atoms with Crippen LogP contribution in [-0.4, -0.2) is 42.0 Å². The topological polar surface area (TPSA) is 58.4 Å². The molecule has 1 unspecified atom stereocenters. The van der Waals surface area contributed by atoms with Crippen LogP contribution in [0.3, 0.4) is 0 Å². The molecule has 0 radical (unpaired) electrons. The largest absolute Gasteiger partial charge is 0.353 e. The zero-order valence-electron chi connectivity index (χ0n) is 9.29. The molecule has 1 aliphatic rings. The third-order valence-electron chi connectivity index (χ3n) is 2.61. The van der Waals surface area contributed by atoms with Gasteiger partial charge in [-0.1, -0.05) is 0 Å². The number of nitrogens with two attached hydrogens (primary N) is 1. The van der Waals surface area contributed by atoms with Crippen molar-refractivity contribution in [3.05, 3.63) is 0 Å². The van der Waals surface area contributed by atoms with Crippen LogP contribution in [-0.2, 0) is 4.79 Å². The second-order valence-electron chi connectivity index (χ2n) is 4.38. The maximum atomic E-state index is 11.7. The van der Waals surface area contributed by atoms with E-state index >= 15 is 0 Å². The molecule has 1 aliphatic heterocycles. The number of likely N-dealkylation sites (tertiary alicyclic amines) is 1. The molecule has 3 N–H and O–H groups in total. The van der Waals surface area contributed by atoms with E-state index in [1.54, 1.807) is 0 Å². The summed E-state index contributed by atoms with van der Waals surface area (Å²) in [4.78, 5) is 13.8. The zero-order valence-corrected chi connectivity index (χ0v) is 9.29. The molecule has 1 amide bonds. The number of carbonyl (C=O) groups excluding carboxylic acids is 1. The van der Waals surface area contributed by atoms with E-state index in [4.69, 9.17) is 5.73 Å². The summed E-state index contributed by atoms with van der Waals surface area (Å²) in [6.07, 6.45) is 0.999. The Labute approximate surface area is 85.8 Å². The Morgan fingerprint density at radius 3 is 2.57 bits per heavy atom. The lowest BCUT2D eigenvalue weighted by Gasteiger charge is -2.24. The molecule has 1 heterocycles. The Bertz CT molecular complexity index is 206. The molecule has 0 aromatic carbocycles. The van der Waals surface area contributed by atoms with Gasteiger partial charge < -0.3 is 11.1 Å². The molecule has 4 nitrogen and oxygen atoms in total. The summed E-state index contributed by atoms with van der Waals surface area (Å²) >= 11 is 0. The lowest BCUT2D eigenvalue weighted by molar-refractivity contribution is -0.126. The number of rotatable bonds is 3. The van der Waals surface area contributed by atoms with E-state index in [0.717, 1.165) is 19.5 Å². The van der Waals surface area contributed by atoms with Gasteiger partial charge in [-0.2, -0.15) is 0 Å². The summed E-state index contributed by atoms with van der Waals surface area (Å²) in [6.45, 7) is 7.66. The minimum absolute atomic E-state index is 0.0500. The predicted octanol–water partition coefficient (Wildman–Crippen LogP) is -0.0675. The highest BCUT2D eigenvalue weighted by Gasteiger charge is 2.27. The Hall–Kier alpha value is -0.610. The van der Waals surface area contributed by atoms with Gasteiger partial charge in [0, 0.05) is 25.2 Å². The van der Waals surface area contributed by atoms with E-state index < -0.39 is 0 Å². The molecule has 0 saturated carbocycles. The number of hydrogen-bond acceptors (Lipinski definition) is 3. The van der Waals surface area contributed by atoms with Crippen LogP contribution in [0, 0.1) is 0 Å². The van der Waals surface area contributed by atoms with Gasteiger partial charge in [0.05, 0.1) is 6.04 Å². The third-order valence-corrected chi connectivity index (χ3v) is 2.61. The number of amides is 1. The van der Waals surface area contributed by atoms with E-state index in [1.807, 2.05) is 20.8 Å². The summed E-state index contributed by atoms with van der Waals surface area (Å²) in [7, 11) is 0. The van der Waals surface area contributed by atoms with E-state index in [0.29, 0.717) is 0 Å². The molecule has 4 heteroatoms. The quantitative estimate of drug-likeness (QED) is 0.669. The number of nitrogens with zero attached hydrogens (tertiary/aromatic N) is 1. The van der Waals surface area contributed by atoms with Gasteiger partial charge in [-0.3, -0.25) is 9.69 Å². The summed E-state index contributed by atoms with van der Waals surface area (Å²) in [5, 5.41) is 2.91. The van der Waals surface area contributed by atoms with Gasteiger partial charge in [-0.15, -0.1) is 0 Å². The highest BCUT2D eigenvalue weighted by Crippen LogP contribution is 2.11. The molecule has 14 heavy (non-hydrogen) atoms. The van der Waals surface area contributed by atoms with E-state index in [2.05, 4.69) is 10.2 Å². The molecule has 0 aromatic rings. The molecule has 1 rings (SSSR count). The molecule has 82 valence electrons. The minimum Gasteiger partial charge on any atom is -0.353 e. The van der Waals surface area contributed by atoms with Crippen molar-refractivity contribution < 1.29 is 4.79 Å². The van der Waals surface area contributed by atoms with E-state index in [-0.39, 0.29) is 24.0 Å². The van der Waals surface area contributed by atoms with Crippen LogP contribution in [0.15, 0.2) is 0 Å². The summed E-state index contributed by atoms with van der Waals surface area (Å²) in [6, 6.07) is 0.400. The van der Waals surface area contributed by atoms with Crippen molar-refractivity contribution in [1.29, 1.82) is 0 Å². The molecule has 1 saturated heterocycles. The van der Waals surface area contributed by atoms with Crippen LogP contribution in [0.2, 0.25) is 0 Å². The lowest BCUT2D eigenvalue weighted by atomic mass is 10.2. The Morgan fingerprint density at radius 2 is 2.14 bits per heavy atom. The monoisotopic (exact) mass is 199 g/mol. The van der Waals surface area contributed by atoms with Crippen molar-refractivity contribution in [1.82, 2.24) is 10.2 Å². The summed E-state index contributed by atoms with van der Waals surface area (Å²) in [5.74, 6) is 0.106. The second-order valence-corrected chi connectivity index (χ2v) is 4.38. The van der Waals surface area contributed by atoms with Crippen molar-refractivity contribution in [3.63, 3.8) is 0 Å². The number of nitrogens with one attached hydrogen (secondary N) is 1. The highest BCUT2D eigenvalue weighted by molar-refractivity contribution is 5.81. The van der Waals surface area contributed by atoms with Crippen LogP contribution in [0.5, 0.6) is 0 Å². The molecule has 0 aromatic heterocycles. The third kappa shape index (κ3) is 2.96. The van der Waals surface area contributed by atoms with Crippen molar-refractivity contribution in [3.8, 4) is 0 Å². The van der Waals surface area contributed by atoms with Gasteiger partial charge in [0.2, 0.25) is 5.91 Å². The second kappa shape index (κ2) is 4.75. The molecule has 0 bridgehead atoms. The minimum atomic E-state index is -0.0500. The first-order chi connectivity index (χ1) is 6.50. The standard InChI is InChI=1S/C10H21N3O/c1-7(2)12-10(14)8(3)13-5-4-9(11)6-13/h7-9H,4-6,11H2,1-3H3,(H,12,14)/t8?,9-/m0/s1. The van der Waals surface area contributed by atoms with Crippen LogP contribution in [0.25, 0.3) is 0 Å². The average Bonchev–Trinajstić information content (AvgIpc) is 2.49. The SMILES string of the molecule is CC(C)NC(=O)C(C)N1CC[C@H](N)C1. The Kier molecular flexibility index (Phi) is 3.89. The number of hydrogen-bond donors (Lipinski definition) is 2. The van der Waals surface area contributed by atoms with Crippen molar-refractivity contribution in [2.45, 2.75) is 45.3 Å². The van der Waals surface area contributed by atoms with Crippen LogP contribution in [0.1, 0.15) is 27.2 Å². The van der Waals surface area contributed by atoms with Crippen LogP contribution < -0.4 is 11.1 Å². The van der Waals surface area contributed by atoms with Crippen LogP contribution in [0.4, 0.5) is 0 Å². The van der Waals surface area contributed by atoms with Gasteiger partial charge in [-0.25, -0.2) is 0 Å². The summed E-state index contributed by atoms with van der Waals surface area (Å²) in [5.41, 5.74) is 5.79. The van der Waals surface area contributed by atoms with Crippen LogP contribution >= 0.6 is 0 Å². The fourth-order valence-corrected chi connectivity index (χ4v) is 1.74. The molecular formula is C10H21N3O.